The number of hydrogen-bond donors (Lipinski definition) is 1. The first-order valence-electron chi connectivity index (χ1n) is 5.23. The molecule has 0 bridgehead atoms. The summed E-state index contributed by atoms with van der Waals surface area (Å²) < 4.78 is 0.819. The monoisotopic (exact) mass is 340 g/mol. The van der Waals surface area contributed by atoms with Gasteiger partial charge in [0.25, 0.3) is 5.69 Å². The van der Waals surface area contributed by atoms with Crippen LogP contribution in [0.15, 0.2) is 45.0 Å². The van der Waals surface area contributed by atoms with Crippen molar-refractivity contribution >= 4 is 39.2 Å². The molecule has 0 fully saturated rings. The summed E-state index contributed by atoms with van der Waals surface area (Å²) in [6.07, 6.45) is 1.66. The Balaban J connectivity index is 2.37. The van der Waals surface area contributed by atoms with Gasteiger partial charge in [-0.15, -0.1) is 0 Å². The van der Waals surface area contributed by atoms with Crippen LogP contribution in [0.2, 0.25) is 0 Å². The van der Waals surface area contributed by atoms with E-state index in [0.717, 1.165) is 4.47 Å². The van der Waals surface area contributed by atoms with Gasteiger partial charge in [0.15, 0.2) is 0 Å². The van der Waals surface area contributed by atoms with Gasteiger partial charge < -0.3 is 5.32 Å². The SMILES string of the molecule is CNc1cc([N+](=O)[O-])cc(Sc2ncccc2Br)n1. The average molecular weight is 341 g/mol. The zero-order chi connectivity index (χ0) is 13.8. The number of anilines is 1. The molecule has 2 aromatic heterocycles. The van der Waals surface area contributed by atoms with Gasteiger partial charge in [-0.3, -0.25) is 10.1 Å². The van der Waals surface area contributed by atoms with Crippen molar-refractivity contribution in [3.63, 3.8) is 0 Å². The van der Waals surface area contributed by atoms with E-state index in [1.807, 2.05) is 6.07 Å². The summed E-state index contributed by atoms with van der Waals surface area (Å²) in [5.41, 5.74) is -0.00564. The van der Waals surface area contributed by atoms with Gasteiger partial charge in [-0.25, -0.2) is 9.97 Å². The summed E-state index contributed by atoms with van der Waals surface area (Å²) in [4.78, 5) is 18.9. The van der Waals surface area contributed by atoms with Crippen LogP contribution in [0, 0.1) is 10.1 Å². The maximum Gasteiger partial charge on any atom is 0.275 e. The highest BCUT2D eigenvalue weighted by Gasteiger charge is 2.13. The second kappa shape index (κ2) is 5.98. The maximum absolute atomic E-state index is 10.9. The predicted molar refractivity (Wildman–Crippen MR) is 76.5 cm³/mol. The molecule has 0 aliphatic heterocycles. The quantitative estimate of drug-likeness (QED) is 0.679. The molecule has 2 heterocycles. The molecule has 0 radical (unpaired) electrons. The number of pyridine rings is 2. The van der Waals surface area contributed by atoms with Crippen molar-refractivity contribution in [3.8, 4) is 0 Å². The molecular weight excluding hydrogens is 332 g/mol. The molecule has 0 atom stereocenters. The molecule has 0 amide bonds. The van der Waals surface area contributed by atoms with E-state index < -0.39 is 4.92 Å². The van der Waals surface area contributed by atoms with E-state index in [9.17, 15) is 10.1 Å². The highest BCUT2D eigenvalue weighted by molar-refractivity contribution is 9.10. The molecule has 8 heteroatoms. The number of hydrogen-bond acceptors (Lipinski definition) is 6. The summed E-state index contributed by atoms with van der Waals surface area (Å²) in [5, 5.41) is 14.9. The smallest absolute Gasteiger partial charge is 0.275 e. The maximum atomic E-state index is 10.9. The standard InChI is InChI=1S/C11H9BrN4O2S/c1-13-9-5-7(16(17)18)6-10(15-9)19-11-8(12)3-2-4-14-11/h2-6H,1H3,(H,13,15). The van der Waals surface area contributed by atoms with E-state index >= 15 is 0 Å². The van der Waals surface area contributed by atoms with Crippen molar-refractivity contribution in [2.45, 2.75) is 10.1 Å². The number of nitrogens with one attached hydrogen (secondary N) is 1. The van der Waals surface area contributed by atoms with Gasteiger partial charge in [0.1, 0.15) is 15.9 Å². The van der Waals surface area contributed by atoms with E-state index in [4.69, 9.17) is 0 Å². The second-order valence-electron chi connectivity index (χ2n) is 3.45. The summed E-state index contributed by atoms with van der Waals surface area (Å²) in [6.45, 7) is 0. The highest BCUT2D eigenvalue weighted by Crippen LogP contribution is 2.32. The van der Waals surface area contributed by atoms with Gasteiger partial charge in [-0.1, -0.05) is 0 Å². The minimum atomic E-state index is -0.444. The van der Waals surface area contributed by atoms with E-state index in [-0.39, 0.29) is 5.69 Å². The summed E-state index contributed by atoms with van der Waals surface area (Å²) in [6, 6.07) is 6.46. The zero-order valence-electron chi connectivity index (χ0n) is 9.83. The third kappa shape index (κ3) is 3.42. The van der Waals surface area contributed by atoms with E-state index in [1.54, 1.807) is 19.3 Å². The third-order valence-electron chi connectivity index (χ3n) is 2.18. The number of halogens is 1. The van der Waals surface area contributed by atoms with Crippen LogP contribution in [0.3, 0.4) is 0 Å². The fourth-order valence-corrected chi connectivity index (χ4v) is 2.62. The van der Waals surface area contributed by atoms with Gasteiger partial charge in [0, 0.05) is 19.3 Å². The molecule has 0 unspecified atom stereocenters. The molecule has 19 heavy (non-hydrogen) atoms. The Labute approximate surface area is 121 Å². The molecular formula is C11H9BrN4O2S. The minimum absolute atomic E-state index is 0.00564. The molecule has 0 aliphatic carbocycles. The van der Waals surface area contributed by atoms with E-state index in [1.165, 1.54) is 23.9 Å². The molecule has 0 aromatic carbocycles. The summed E-state index contributed by atoms with van der Waals surface area (Å²) in [5.74, 6) is 0.448. The predicted octanol–water partition coefficient (Wildman–Crippen LogP) is 3.34. The Morgan fingerprint density at radius 2 is 2.26 bits per heavy atom. The van der Waals surface area contributed by atoms with Crippen molar-refractivity contribution in [2.24, 2.45) is 0 Å². The summed E-state index contributed by atoms with van der Waals surface area (Å²) >= 11 is 4.64. The Bertz CT molecular complexity index is 623. The first kappa shape index (κ1) is 13.8. The lowest BCUT2D eigenvalue weighted by atomic mass is 10.4. The van der Waals surface area contributed by atoms with Crippen molar-refractivity contribution < 1.29 is 4.92 Å². The molecule has 0 spiro atoms. The van der Waals surface area contributed by atoms with E-state index in [2.05, 4.69) is 31.2 Å². The van der Waals surface area contributed by atoms with E-state index in [0.29, 0.717) is 15.9 Å². The lowest BCUT2D eigenvalue weighted by molar-refractivity contribution is -0.385. The van der Waals surface area contributed by atoms with Crippen LogP contribution in [0.5, 0.6) is 0 Å². The molecule has 2 rings (SSSR count). The Hall–Kier alpha value is -1.67. The van der Waals surface area contributed by atoms with Crippen LogP contribution in [0.1, 0.15) is 0 Å². The Morgan fingerprint density at radius 1 is 1.47 bits per heavy atom. The van der Waals surface area contributed by atoms with Gasteiger partial charge in [-0.05, 0) is 39.8 Å². The highest BCUT2D eigenvalue weighted by atomic mass is 79.9. The van der Waals surface area contributed by atoms with Crippen LogP contribution < -0.4 is 5.32 Å². The number of nitrogens with zero attached hydrogens (tertiary/aromatic N) is 3. The van der Waals surface area contributed by atoms with Crippen LogP contribution in [0.4, 0.5) is 11.5 Å². The second-order valence-corrected chi connectivity index (χ2v) is 5.31. The Morgan fingerprint density at radius 3 is 2.89 bits per heavy atom. The van der Waals surface area contributed by atoms with Gasteiger partial charge in [0.2, 0.25) is 0 Å². The van der Waals surface area contributed by atoms with Crippen LogP contribution >= 0.6 is 27.7 Å². The Kier molecular flexibility index (Phi) is 4.33. The van der Waals surface area contributed by atoms with Crippen LogP contribution in [-0.2, 0) is 0 Å². The van der Waals surface area contributed by atoms with Gasteiger partial charge in [-0.2, -0.15) is 0 Å². The van der Waals surface area contributed by atoms with Gasteiger partial charge in [0.05, 0.1) is 15.5 Å². The fraction of sp³-hybridized carbons (Fsp3) is 0.0909. The molecule has 98 valence electrons. The van der Waals surface area contributed by atoms with Crippen LogP contribution in [0.25, 0.3) is 0 Å². The van der Waals surface area contributed by atoms with Crippen LogP contribution in [-0.4, -0.2) is 21.9 Å². The number of nitro groups is 1. The van der Waals surface area contributed by atoms with Gasteiger partial charge >= 0.3 is 0 Å². The summed E-state index contributed by atoms with van der Waals surface area (Å²) in [7, 11) is 1.66. The first-order valence-corrected chi connectivity index (χ1v) is 6.83. The largest absolute Gasteiger partial charge is 0.373 e. The lowest BCUT2D eigenvalue weighted by Crippen LogP contribution is -1.97. The zero-order valence-corrected chi connectivity index (χ0v) is 12.2. The molecule has 0 saturated carbocycles. The minimum Gasteiger partial charge on any atom is -0.373 e. The number of aromatic nitrogens is 2. The average Bonchev–Trinajstić information content (AvgIpc) is 2.41. The topological polar surface area (TPSA) is 81.0 Å². The van der Waals surface area contributed by atoms with Crippen molar-refractivity contribution in [2.75, 3.05) is 12.4 Å². The molecule has 1 N–H and O–H groups in total. The fourth-order valence-electron chi connectivity index (χ4n) is 1.32. The van der Waals surface area contributed by atoms with Crippen molar-refractivity contribution in [1.82, 2.24) is 9.97 Å². The molecule has 0 aliphatic rings. The van der Waals surface area contributed by atoms with Crippen molar-refractivity contribution in [1.29, 1.82) is 0 Å². The molecule has 2 aromatic rings. The molecule has 0 saturated heterocycles. The molecule has 6 nitrogen and oxygen atoms in total. The normalized spacial score (nSPS) is 10.2. The first-order chi connectivity index (χ1) is 9.10. The lowest BCUT2D eigenvalue weighted by Gasteiger charge is -2.05. The number of rotatable bonds is 4. The van der Waals surface area contributed by atoms with Crippen molar-refractivity contribution in [3.05, 3.63) is 45.0 Å². The third-order valence-corrected chi connectivity index (χ3v) is 4.02.